The molecule has 4 rings (SSSR count). The number of anilines is 1. The van der Waals surface area contributed by atoms with Gasteiger partial charge in [-0.2, -0.15) is 0 Å². The summed E-state index contributed by atoms with van der Waals surface area (Å²) < 4.78 is 13.9. The maximum atomic E-state index is 13.2. The van der Waals surface area contributed by atoms with Crippen LogP contribution in [0.15, 0.2) is 54.6 Å². The number of carbonyl (C=O) groups is 1. The molecule has 0 aliphatic heterocycles. The largest absolute Gasteiger partial charge is 0.296 e. The number of carbonyl (C=O) groups excluding carboxylic acids is 1. The average molecular weight is 323 g/mol. The van der Waals surface area contributed by atoms with Gasteiger partial charge < -0.3 is 0 Å². The van der Waals surface area contributed by atoms with E-state index in [0.29, 0.717) is 21.0 Å². The summed E-state index contributed by atoms with van der Waals surface area (Å²) in [5, 5.41) is 4.11. The van der Waals surface area contributed by atoms with Crippen molar-refractivity contribution in [3.63, 3.8) is 0 Å². The SMILES string of the molecule is O=C(Nc1nc2ccc(F)cc2s1)c1ccc2ccccc2n1. The fourth-order valence-corrected chi connectivity index (χ4v) is 3.19. The second-order valence-electron chi connectivity index (χ2n) is 4.97. The smallest absolute Gasteiger partial charge is 0.276 e. The van der Waals surface area contributed by atoms with Gasteiger partial charge >= 0.3 is 0 Å². The van der Waals surface area contributed by atoms with Crippen LogP contribution >= 0.6 is 11.3 Å². The summed E-state index contributed by atoms with van der Waals surface area (Å²) in [6.07, 6.45) is 0. The number of amides is 1. The fraction of sp³-hybridized carbons (Fsp3) is 0. The Morgan fingerprint density at radius 1 is 1.00 bits per heavy atom. The predicted octanol–water partition coefficient (Wildman–Crippen LogP) is 4.24. The van der Waals surface area contributed by atoms with Gasteiger partial charge in [0.05, 0.1) is 15.7 Å². The molecule has 0 radical (unpaired) electrons. The maximum Gasteiger partial charge on any atom is 0.276 e. The van der Waals surface area contributed by atoms with Crippen LogP contribution < -0.4 is 5.32 Å². The van der Waals surface area contributed by atoms with Crippen LogP contribution in [0.5, 0.6) is 0 Å². The Labute approximate surface area is 134 Å². The fourth-order valence-electron chi connectivity index (χ4n) is 2.31. The third kappa shape index (κ3) is 2.64. The first-order valence-electron chi connectivity index (χ1n) is 6.92. The molecule has 0 saturated carbocycles. The lowest BCUT2D eigenvalue weighted by molar-refractivity contribution is 0.102. The van der Waals surface area contributed by atoms with Crippen molar-refractivity contribution >= 4 is 43.5 Å². The van der Waals surface area contributed by atoms with Gasteiger partial charge in [0.25, 0.3) is 5.91 Å². The molecular formula is C17H10FN3OS. The third-order valence-corrected chi connectivity index (χ3v) is 4.34. The van der Waals surface area contributed by atoms with Crippen LogP contribution in [0.1, 0.15) is 10.5 Å². The Kier molecular flexibility index (Phi) is 3.24. The topological polar surface area (TPSA) is 54.9 Å². The molecule has 0 aliphatic carbocycles. The van der Waals surface area contributed by atoms with Crippen LogP contribution in [0.2, 0.25) is 0 Å². The van der Waals surface area contributed by atoms with Crippen molar-refractivity contribution in [1.82, 2.24) is 9.97 Å². The summed E-state index contributed by atoms with van der Waals surface area (Å²) in [5.74, 6) is -0.662. The zero-order valence-corrected chi connectivity index (χ0v) is 12.6. The summed E-state index contributed by atoms with van der Waals surface area (Å²) in [6.45, 7) is 0. The van der Waals surface area contributed by atoms with E-state index in [9.17, 15) is 9.18 Å². The first-order chi connectivity index (χ1) is 11.2. The van der Waals surface area contributed by atoms with Crippen molar-refractivity contribution in [2.75, 3.05) is 5.32 Å². The van der Waals surface area contributed by atoms with E-state index in [1.54, 1.807) is 12.1 Å². The lowest BCUT2D eigenvalue weighted by Gasteiger charge is -2.02. The van der Waals surface area contributed by atoms with Crippen LogP contribution in [0.3, 0.4) is 0 Å². The summed E-state index contributed by atoms with van der Waals surface area (Å²) in [5.41, 5.74) is 1.72. The standard InChI is InChI=1S/C17H10FN3OS/c18-11-6-8-13-15(9-11)23-17(20-13)21-16(22)14-7-5-10-3-1-2-4-12(10)19-14/h1-9H,(H,20,21,22). The maximum absolute atomic E-state index is 13.2. The van der Waals surface area contributed by atoms with Crippen LogP contribution in [0.4, 0.5) is 9.52 Å². The van der Waals surface area contributed by atoms with Crippen LogP contribution in [0, 0.1) is 5.82 Å². The molecule has 0 unspecified atom stereocenters. The van der Waals surface area contributed by atoms with Gasteiger partial charge in [0.1, 0.15) is 11.5 Å². The number of benzene rings is 2. The van der Waals surface area contributed by atoms with Gasteiger partial charge in [-0.15, -0.1) is 0 Å². The molecule has 1 amide bonds. The Morgan fingerprint density at radius 2 is 1.87 bits per heavy atom. The molecule has 0 aliphatic rings. The number of pyridine rings is 1. The number of para-hydroxylation sites is 1. The molecule has 0 atom stereocenters. The monoisotopic (exact) mass is 323 g/mol. The molecule has 2 aromatic carbocycles. The average Bonchev–Trinajstić information content (AvgIpc) is 2.95. The summed E-state index contributed by atoms with van der Waals surface area (Å²) in [6, 6.07) is 15.4. The van der Waals surface area contributed by atoms with Gasteiger partial charge in [0.15, 0.2) is 5.13 Å². The molecule has 0 spiro atoms. The molecule has 1 N–H and O–H groups in total. The van der Waals surface area contributed by atoms with E-state index >= 15 is 0 Å². The highest BCUT2D eigenvalue weighted by Gasteiger charge is 2.12. The van der Waals surface area contributed by atoms with Crippen molar-refractivity contribution in [3.8, 4) is 0 Å². The molecule has 2 heterocycles. The molecule has 112 valence electrons. The van der Waals surface area contributed by atoms with Crippen molar-refractivity contribution in [1.29, 1.82) is 0 Å². The highest BCUT2D eigenvalue weighted by Crippen LogP contribution is 2.26. The molecule has 0 bridgehead atoms. The van der Waals surface area contributed by atoms with Crippen LogP contribution in [0.25, 0.3) is 21.1 Å². The molecule has 2 aromatic heterocycles. The summed E-state index contributed by atoms with van der Waals surface area (Å²) in [4.78, 5) is 20.9. The van der Waals surface area contributed by atoms with Gasteiger partial charge in [-0.1, -0.05) is 35.6 Å². The molecule has 0 fully saturated rings. The summed E-state index contributed by atoms with van der Waals surface area (Å²) in [7, 11) is 0. The Hall–Kier alpha value is -2.86. The van der Waals surface area contributed by atoms with Gasteiger partial charge in [0, 0.05) is 5.39 Å². The van der Waals surface area contributed by atoms with E-state index in [2.05, 4.69) is 15.3 Å². The number of aromatic nitrogens is 2. The molecule has 4 aromatic rings. The normalized spacial score (nSPS) is 11.0. The first-order valence-corrected chi connectivity index (χ1v) is 7.74. The van der Waals surface area contributed by atoms with E-state index in [1.807, 2.05) is 30.3 Å². The minimum absolute atomic E-state index is 0.314. The lowest BCUT2D eigenvalue weighted by atomic mass is 10.2. The minimum atomic E-state index is -0.338. The summed E-state index contributed by atoms with van der Waals surface area (Å²) >= 11 is 1.23. The predicted molar refractivity (Wildman–Crippen MR) is 89.3 cm³/mol. The van der Waals surface area contributed by atoms with Crippen LogP contribution in [-0.4, -0.2) is 15.9 Å². The number of rotatable bonds is 2. The number of halogens is 1. The van der Waals surface area contributed by atoms with Crippen molar-refractivity contribution in [2.24, 2.45) is 0 Å². The number of hydrogen-bond donors (Lipinski definition) is 1. The van der Waals surface area contributed by atoms with Crippen LogP contribution in [-0.2, 0) is 0 Å². The number of thiazole rings is 1. The zero-order valence-electron chi connectivity index (χ0n) is 11.8. The van der Waals surface area contributed by atoms with E-state index in [4.69, 9.17) is 0 Å². The highest BCUT2D eigenvalue weighted by molar-refractivity contribution is 7.22. The molecular weight excluding hydrogens is 313 g/mol. The number of fused-ring (bicyclic) bond motifs is 2. The quantitative estimate of drug-likeness (QED) is 0.600. The molecule has 0 saturated heterocycles. The second-order valence-corrected chi connectivity index (χ2v) is 6.01. The Morgan fingerprint density at radius 3 is 2.78 bits per heavy atom. The van der Waals surface area contributed by atoms with Gasteiger partial charge in [-0.25, -0.2) is 14.4 Å². The van der Waals surface area contributed by atoms with Crippen molar-refractivity contribution in [3.05, 3.63) is 66.1 Å². The Balaban J connectivity index is 1.64. The first kappa shape index (κ1) is 13.8. The van der Waals surface area contributed by atoms with Crippen molar-refractivity contribution in [2.45, 2.75) is 0 Å². The van der Waals surface area contributed by atoms with Crippen molar-refractivity contribution < 1.29 is 9.18 Å². The third-order valence-electron chi connectivity index (χ3n) is 3.40. The highest BCUT2D eigenvalue weighted by atomic mass is 32.1. The molecule has 6 heteroatoms. The number of hydrogen-bond acceptors (Lipinski definition) is 4. The van der Waals surface area contributed by atoms with Gasteiger partial charge in [0.2, 0.25) is 0 Å². The van der Waals surface area contributed by atoms with E-state index in [0.717, 1.165) is 10.9 Å². The second kappa shape index (κ2) is 5.40. The molecule has 23 heavy (non-hydrogen) atoms. The minimum Gasteiger partial charge on any atom is -0.296 e. The number of nitrogens with one attached hydrogen (secondary N) is 1. The zero-order chi connectivity index (χ0) is 15.8. The van der Waals surface area contributed by atoms with E-state index < -0.39 is 0 Å². The van der Waals surface area contributed by atoms with Gasteiger partial charge in [-0.3, -0.25) is 10.1 Å². The lowest BCUT2D eigenvalue weighted by Crippen LogP contribution is -2.13. The van der Waals surface area contributed by atoms with E-state index in [-0.39, 0.29) is 11.7 Å². The van der Waals surface area contributed by atoms with Gasteiger partial charge in [-0.05, 0) is 30.3 Å². The Bertz CT molecular complexity index is 1040. The molecule has 4 nitrogen and oxygen atoms in total. The number of nitrogens with zero attached hydrogens (tertiary/aromatic N) is 2. The van der Waals surface area contributed by atoms with E-state index in [1.165, 1.54) is 23.5 Å².